The highest BCUT2D eigenvalue weighted by Gasteiger charge is 2.28. The number of ether oxygens (including phenoxy) is 1. The third-order valence-electron chi connectivity index (χ3n) is 8.42. The van der Waals surface area contributed by atoms with Gasteiger partial charge in [-0.25, -0.2) is 4.79 Å². The standard InChI is InChI=1S/C32H42N6O3S/c1-21(2)29(33)42-30(34)22-9-11-27(12-10-22)41-28-19-23(7-8-24(28)20-38-18-15-35-32(38)40)31(39)36-25-13-16-37(17-14-25)26-5-3-4-6-26/h7-12,19,21,25-26,33-34H,3-6,13-18,20H2,1-2H3,(H,35,40)(H,36,39). The molecule has 3 fully saturated rings. The number of nitrogens with zero attached hydrogens (tertiary/aromatic N) is 2. The Balaban J connectivity index is 1.27. The van der Waals surface area contributed by atoms with E-state index in [1.807, 2.05) is 26.0 Å². The van der Waals surface area contributed by atoms with Crippen molar-refractivity contribution in [3.05, 3.63) is 59.2 Å². The van der Waals surface area contributed by atoms with Crippen molar-refractivity contribution in [3.63, 3.8) is 0 Å². The second-order valence-electron chi connectivity index (χ2n) is 11.8. The SMILES string of the molecule is CC(C)C(=N)SC(=N)c1ccc(Oc2cc(C(=O)NC3CCN(C4CCCC4)CC3)ccc2CN2CCNC2=O)cc1. The minimum Gasteiger partial charge on any atom is -0.457 e. The van der Waals surface area contributed by atoms with Crippen LogP contribution in [0.1, 0.15) is 73.9 Å². The molecule has 1 saturated carbocycles. The van der Waals surface area contributed by atoms with E-state index in [2.05, 4.69) is 15.5 Å². The summed E-state index contributed by atoms with van der Waals surface area (Å²) in [6, 6.07) is 13.4. The van der Waals surface area contributed by atoms with E-state index in [1.165, 1.54) is 25.7 Å². The number of amides is 3. The Hall–Kier alpha value is -3.37. The lowest BCUT2D eigenvalue weighted by Crippen LogP contribution is -2.47. The Kier molecular flexibility index (Phi) is 9.84. The fourth-order valence-electron chi connectivity index (χ4n) is 5.82. The molecular weight excluding hydrogens is 548 g/mol. The first-order valence-electron chi connectivity index (χ1n) is 15.1. The average molecular weight is 591 g/mol. The lowest BCUT2D eigenvalue weighted by molar-refractivity contribution is 0.0892. The smallest absolute Gasteiger partial charge is 0.317 e. The van der Waals surface area contributed by atoms with Gasteiger partial charge < -0.3 is 25.2 Å². The second kappa shape index (κ2) is 13.7. The Morgan fingerprint density at radius 2 is 1.71 bits per heavy atom. The summed E-state index contributed by atoms with van der Waals surface area (Å²) in [7, 11) is 0. The molecule has 224 valence electrons. The van der Waals surface area contributed by atoms with Crippen molar-refractivity contribution in [2.24, 2.45) is 5.92 Å². The van der Waals surface area contributed by atoms with Crippen LogP contribution in [-0.4, -0.2) is 70.1 Å². The van der Waals surface area contributed by atoms with Crippen LogP contribution in [0.15, 0.2) is 42.5 Å². The maximum Gasteiger partial charge on any atom is 0.317 e. The average Bonchev–Trinajstić information content (AvgIpc) is 3.67. The third kappa shape index (κ3) is 7.52. The number of hydrogen-bond donors (Lipinski definition) is 4. The van der Waals surface area contributed by atoms with E-state index in [9.17, 15) is 9.59 Å². The summed E-state index contributed by atoms with van der Waals surface area (Å²) in [5.74, 6) is 1.05. The van der Waals surface area contributed by atoms with Crippen molar-refractivity contribution in [2.75, 3.05) is 26.2 Å². The highest BCUT2D eigenvalue weighted by atomic mass is 32.2. The van der Waals surface area contributed by atoms with Gasteiger partial charge in [0.2, 0.25) is 0 Å². The van der Waals surface area contributed by atoms with Crippen LogP contribution < -0.4 is 15.4 Å². The second-order valence-corrected chi connectivity index (χ2v) is 12.8. The van der Waals surface area contributed by atoms with Crippen molar-refractivity contribution in [1.82, 2.24) is 20.4 Å². The van der Waals surface area contributed by atoms with Crippen molar-refractivity contribution in [2.45, 2.75) is 71.0 Å². The molecule has 0 atom stereocenters. The number of carbonyl (C=O) groups is 2. The van der Waals surface area contributed by atoms with E-state index in [1.54, 1.807) is 35.2 Å². The number of urea groups is 1. The molecule has 0 bridgehead atoms. The quantitative estimate of drug-likeness (QED) is 0.216. The first-order chi connectivity index (χ1) is 20.3. The lowest BCUT2D eigenvalue weighted by atomic mass is 10.0. The van der Waals surface area contributed by atoms with Gasteiger partial charge in [0.05, 0.1) is 11.6 Å². The van der Waals surface area contributed by atoms with Crippen LogP contribution >= 0.6 is 11.8 Å². The molecule has 0 aromatic heterocycles. The molecule has 42 heavy (non-hydrogen) atoms. The van der Waals surface area contributed by atoms with Crippen LogP contribution in [0.2, 0.25) is 0 Å². The molecule has 10 heteroatoms. The number of thioether (sulfide) groups is 1. The predicted molar refractivity (Wildman–Crippen MR) is 168 cm³/mol. The number of carbonyl (C=O) groups excluding carboxylic acids is 2. The van der Waals surface area contributed by atoms with Crippen molar-refractivity contribution < 1.29 is 14.3 Å². The fourth-order valence-corrected chi connectivity index (χ4v) is 6.53. The summed E-state index contributed by atoms with van der Waals surface area (Å²) in [6.45, 7) is 7.54. The number of nitrogens with one attached hydrogen (secondary N) is 4. The molecule has 3 amide bonds. The van der Waals surface area contributed by atoms with E-state index in [0.717, 1.165) is 49.3 Å². The normalized spacial score (nSPS) is 18.4. The van der Waals surface area contributed by atoms with E-state index in [4.69, 9.17) is 15.6 Å². The summed E-state index contributed by atoms with van der Waals surface area (Å²) >= 11 is 1.15. The summed E-state index contributed by atoms with van der Waals surface area (Å²) < 4.78 is 6.30. The molecule has 0 spiro atoms. The molecule has 1 aliphatic carbocycles. The van der Waals surface area contributed by atoms with Crippen LogP contribution in [-0.2, 0) is 6.54 Å². The van der Waals surface area contributed by atoms with Gasteiger partial charge in [-0.15, -0.1) is 0 Å². The van der Waals surface area contributed by atoms with E-state index >= 15 is 0 Å². The van der Waals surface area contributed by atoms with Crippen LogP contribution in [0, 0.1) is 16.7 Å². The Bertz CT molecular complexity index is 1300. The number of piperidine rings is 1. The summed E-state index contributed by atoms with van der Waals surface area (Å²) in [5, 5.41) is 23.2. The molecule has 5 rings (SSSR count). The lowest BCUT2D eigenvalue weighted by Gasteiger charge is -2.36. The number of rotatable bonds is 9. The number of hydrogen-bond acceptors (Lipinski definition) is 7. The number of likely N-dealkylation sites (tertiary alicyclic amines) is 1. The first kappa shape index (κ1) is 30.1. The monoisotopic (exact) mass is 590 g/mol. The van der Waals surface area contributed by atoms with Crippen molar-refractivity contribution in [3.8, 4) is 11.5 Å². The minimum atomic E-state index is -0.113. The van der Waals surface area contributed by atoms with Crippen LogP contribution in [0.3, 0.4) is 0 Å². The molecule has 2 aromatic carbocycles. The topological polar surface area (TPSA) is 122 Å². The molecular formula is C32H42N6O3S. The predicted octanol–water partition coefficient (Wildman–Crippen LogP) is 5.83. The zero-order chi connectivity index (χ0) is 29.6. The molecule has 2 saturated heterocycles. The van der Waals surface area contributed by atoms with Crippen LogP contribution in [0.4, 0.5) is 4.79 Å². The highest BCUT2D eigenvalue weighted by Crippen LogP contribution is 2.30. The van der Waals surface area contributed by atoms with Crippen molar-refractivity contribution in [1.29, 1.82) is 10.8 Å². The van der Waals surface area contributed by atoms with E-state index in [0.29, 0.717) is 52.3 Å². The molecule has 9 nitrogen and oxygen atoms in total. The zero-order valence-electron chi connectivity index (χ0n) is 24.6. The number of benzene rings is 2. The molecule has 4 N–H and O–H groups in total. The van der Waals surface area contributed by atoms with Crippen molar-refractivity contribution >= 4 is 33.8 Å². The summed E-state index contributed by atoms with van der Waals surface area (Å²) in [6.07, 6.45) is 7.20. The molecule has 0 unspecified atom stereocenters. The van der Waals surface area contributed by atoms with Gasteiger partial charge in [0.15, 0.2) is 0 Å². The molecule has 3 aliphatic rings. The van der Waals surface area contributed by atoms with Gasteiger partial charge in [0.1, 0.15) is 16.5 Å². The molecule has 0 radical (unpaired) electrons. The maximum absolute atomic E-state index is 13.3. The molecule has 2 aliphatic heterocycles. The van der Waals surface area contributed by atoms with Crippen LogP contribution in [0.5, 0.6) is 11.5 Å². The van der Waals surface area contributed by atoms with Crippen LogP contribution in [0.25, 0.3) is 0 Å². The van der Waals surface area contributed by atoms with Gasteiger partial charge in [-0.1, -0.05) is 44.5 Å². The summed E-state index contributed by atoms with van der Waals surface area (Å²) in [5.41, 5.74) is 2.05. The Labute approximate surface area is 252 Å². The highest BCUT2D eigenvalue weighted by molar-refractivity contribution is 8.26. The molecule has 2 heterocycles. The largest absolute Gasteiger partial charge is 0.457 e. The first-order valence-corrected chi connectivity index (χ1v) is 15.9. The fraction of sp³-hybridized carbons (Fsp3) is 0.500. The third-order valence-corrected chi connectivity index (χ3v) is 9.55. The van der Waals surface area contributed by atoms with Gasteiger partial charge in [-0.05, 0) is 62.1 Å². The summed E-state index contributed by atoms with van der Waals surface area (Å²) in [4.78, 5) is 29.9. The Morgan fingerprint density at radius 3 is 2.36 bits per heavy atom. The van der Waals surface area contributed by atoms with E-state index in [-0.39, 0.29) is 23.9 Å². The van der Waals surface area contributed by atoms with Gasteiger partial charge in [0, 0.05) is 60.9 Å². The van der Waals surface area contributed by atoms with Gasteiger partial charge in [-0.3, -0.25) is 15.6 Å². The maximum atomic E-state index is 13.3. The van der Waals surface area contributed by atoms with Gasteiger partial charge in [0.25, 0.3) is 5.91 Å². The van der Waals surface area contributed by atoms with Gasteiger partial charge in [-0.2, -0.15) is 0 Å². The molecule has 2 aromatic rings. The Morgan fingerprint density at radius 1 is 1.02 bits per heavy atom. The minimum absolute atomic E-state index is 0.0725. The zero-order valence-corrected chi connectivity index (χ0v) is 25.4. The van der Waals surface area contributed by atoms with Gasteiger partial charge >= 0.3 is 6.03 Å². The van der Waals surface area contributed by atoms with E-state index < -0.39 is 0 Å².